The largest absolute Gasteiger partial charge is 0.382 e. The molecule has 19 heavy (non-hydrogen) atoms. The number of aromatic nitrogens is 2. The molecule has 0 atom stereocenters. The quantitative estimate of drug-likeness (QED) is 0.876. The molecule has 1 aromatic rings. The zero-order chi connectivity index (χ0) is 13.0. The second-order valence-electron chi connectivity index (χ2n) is 7.22. The first-order chi connectivity index (χ1) is 9.24. The van der Waals surface area contributed by atoms with E-state index >= 15 is 0 Å². The van der Waals surface area contributed by atoms with Crippen molar-refractivity contribution in [3.05, 3.63) is 11.3 Å². The average Bonchev–Trinajstić information content (AvgIpc) is 2.73. The summed E-state index contributed by atoms with van der Waals surface area (Å²) in [7, 11) is 0. The van der Waals surface area contributed by atoms with E-state index in [0.29, 0.717) is 0 Å². The summed E-state index contributed by atoms with van der Waals surface area (Å²) >= 11 is 0. The Morgan fingerprint density at radius 1 is 1.11 bits per heavy atom. The van der Waals surface area contributed by atoms with Gasteiger partial charge in [0.05, 0.1) is 0 Å². The second kappa shape index (κ2) is 4.26. The van der Waals surface area contributed by atoms with Crippen LogP contribution in [0, 0.1) is 29.6 Å². The summed E-state index contributed by atoms with van der Waals surface area (Å²) in [5, 5.41) is 7.34. The number of aryl methyl sites for hydroxylation is 1. The highest BCUT2D eigenvalue weighted by molar-refractivity contribution is 5.42. The number of H-pyrrole nitrogens is 1. The van der Waals surface area contributed by atoms with Crippen molar-refractivity contribution in [3.63, 3.8) is 0 Å². The Morgan fingerprint density at radius 2 is 1.74 bits per heavy atom. The van der Waals surface area contributed by atoms with Gasteiger partial charge in [0.15, 0.2) is 0 Å². The Kier molecular flexibility index (Phi) is 2.64. The van der Waals surface area contributed by atoms with Crippen LogP contribution in [0.25, 0.3) is 0 Å². The van der Waals surface area contributed by atoms with Gasteiger partial charge in [-0.15, -0.1) is 0 Å². The maximum Gasteiger partial charge on any atom is 0.148 e. The van der Waals surface area contributed by atoms with Crippen LogP contribution in [0.5, 0.6) is 0 Å². The van der Waals surface area contributed by atoms with Gasteiger partial charge in [-0.25, -0.2) is 0 Å². The molecule has 0 aliphatic heterocycles. The van der Waals surface area contributed by atoms with Crippen molar-refractivity contribution in [3.8, 4) is 0 Å². The first kappa shape index (κ1) is 11.8. The maximum absolute atomic E-state index is 6.08. The monoisotopic (exact) mass is 259 g/mol. The van der Waals surface area contributed by atoms with Gasteiger partial charge in [-0.1, -0.05) is 6.92 Å². The SMILES string of the molecule is CCc1[nH]nc(N)c1CC1C2CC3CC(C2)CC1C3. The molecule has 4 saturated carbocycles. The fraction of sp³-hybridized carbons (Fsp3) is 0.812. The number of anilines is 1. The van der Waals surface area contributed by atoms with E-state index in [2.05, 4.69) is 17.1 Å². The molecule has 5 rings (SSSR count). The van der Waals surface area contributed by atoms with Gasteiger partial charge < -0.3 is 5.73 Å². The number of nitrogens with one attached hydrogen (secondary N) is 1. The van der Waals surface area contributed by atoms with E-state index in [1.165, 1.54) is 49.8 Å². The van der Waals surface area contributed by atoms with E-state index in [-0.39, 0.29) is 0 Å². The Bertz CT molecular complexity index is 448. The fourth-order valence-corrected chi connectivity index (χ4v) is 5.54. The lowest BCUT2D eigenvalue weighted by Crippen LogP contribution is -2.45. The second-order valence-corrected chi connectivity index (χ2v) is 7.22. The lowest BCUT2D eigenvalue weighted by Gasteiger charge is -2.54. The number of hydrogen-bond donors (Lipinski definition) is 2. The van der Waals surface area contributed by atoms with Crippen LogP contribution < -0.4 is 5.73 Å². The van der Waals surface area contributed by atoms with Gasteiger partial charge in [0.2, 0.25) is 0 Å². The van der Waals surface area contributed by atoms with Crippen LogP contribution in [0.2, 0.25) is 0 Å². The third-order valence-electron chi connectivity index (χ3n) is 6.20. The number of nitrogens with zero attached hydrogens (tertiary/aromatic N) is 1. The molecular weight excluding hydrogens is 234 g/mol. The van der Waals surface area contributed by atoms with E-state index in [0.717, 1.165) is 41.8 Å². The molecule has 0 saturated heterocycles. The van der Waals surface area contributed by atoms with Crippen molar-refractivity contribution in [2.75, 3.05) is 5.73 Å². The first-order valence-corrected chi connectivity index (χ1v) is 8.06. The van der Waals surface area contributed by atoms with Crippen molar-refractivity contribution in [1.29, 1.82) is 0 Å². The molecule has 3 heteroatoms. The van der Waals surface area contributed by atoms with Crippen LogP contribution in [-0.4, -0.2) is 10.2 Å². The van der Waals surface area contributed by atoms with Crippen molar-refractivity contribution in [2.24, 2.45) is 29.6 Å². The van der Waals surface area contributed by atoms with Crippen LogP contribution in [0.4, 0.5) is 5.82 Å². The molecule has 3 nitrogen and oxygen atoms in total. The summed E-state index contributed by atoms with van der Waals surface area (Å²) in [6.07, 6.45) is 9.72. The highest BCUT2D eigenvalue weighted by atomic mass is 15.2. The summed E-state index contributed by atoms with van der Waals surface area (Å²) in [5.41, 5.74) is 8.68. The van der Waals surface area contributed by atoms with E-state index in [1.807, 2.05) is 0 Å². The molecule has 3 N–H and O–H groups in total. The molecule has 0 radical (unpaired) electrons. The highest BCUT2D eigenvalue weighted by Gasteiger charge is 2.48. The molecule has 4 aliphatic carbocycles. The Hall–Kier alpha value is -0.990. The normalized spacial score (nSPS) is 39.9. The molecule has 1 heterocycles. The highest BCUT2D eigenvalue weighted by Crippen LogP contribution is 2.57. The van der Waals surface area contributed by atoms with Gasteiger partial charge in [-0.05, 0) is 74.5 Å². The fourth-order valence-electron chi connectivity index (χ4n) is 5.54. The van der Waals surface area contributed by atoms with Crippen LogP contribution in [0.1, 0.15) is 50.3 Å². The number of hydrogen-bond acceptors (Lipinski definition) is 2. The Balaban J connectivity index is 1.58. The average molecular weight is 259 g/mol. The molecule has 4 bridgehead atoms. The van der Waals surface area contributed by atoms with Crippen LogP contribution >= 0.6 is 0 Å². The smallest absolute Gasteiger partial charge is 0.148 e. The third-order valence-corrected chi connectivity index (χ3v) is 6.20. The first-order valence-electron chi connectivity index (χ1n) is 8.06. The molecule has 4 fully saturated rings. The minimum Gasteiger partial charge on any atom is -0.382 e. The molecule has 0 unspecified atom stereocenters. The van der Waals surface area contributed by atoms with Gasteiger partial charge in [0.25, 0.3) is 0 Å². The van der Waals surface area contributed by atoms with Crippen LogP contribution in [0.15, 0.2) is 0 Å². The van der Waals surface area contributed by atoms with Gasteiger partial charge in [-0.2, -0.15) is 5.10 Å². The van der Waals surface area contributed by atoms with Gasteiger partial charge in [0.1, 0.15) is 5.82 Å². The van der Waals surface area contributed by atoms with Crippen molar-refractivity contribution >= 4 is 5.82 Å². The standard InChI is InChI=1S/C16H25N3/c1-2-15-14(16(17)19-18-15)8-13-11-4-9-3-10(6-11)7-12(13)5-9/h9-13H,2-8H2,1H3,(H3,17,18,19). The van der Waals surface area contributed by atoms with Gasteiger partial charge in [-0.3, -0.25) is 5.10 Å². The van der Waals surface area contributed by atoms with Crippen molar-refractivity contribution in [2.45, 2.75) is 51.9 Å². The summed E-state index contributed by atoms with van der Waals surface area (Å²) in [5.74, 6) is 5.73. The minimum absolute atomic E-state index is 0.755. The number of nitrogen functional groups attached to an aromatic ring is 1. The van der Waals surface area contributed by atoms with E-state index in [4.69, 9.17) is 5.73 Å². The summed E-state index contributed by atoms with van der Waals surface area (Å²) in [6.45, 7) is 2.19. The lowest BCUT2D eigenvalue weighted by atomic mass is 9.51. The molecule has 104 valence electrons. The third kappa shape index (κ3) is 1.81. The molecule has 0 spiro atoms. The Morgan fingerprint density at radius 3 is 2.32 bits per heavy atom. The predicted molar refractivity (Wildman–Crippen MR) is 76.6 cm³/mol. The number of rotatable bonds is 3. The van der Waals surface area contributed by atoms with Crippen molar-refractivity contribution < 1.29 is 0 Å². The molecular formula is C16H25N3. The maximum atomic E-state index is 6.08. The van der Waals surface area contributed by atoms with Crippen LogP contribution in [-0.2, 0) is 12.8 Å². The molecule has 4 aliphatic rings. The van der Waals surface area contributed by atoms with Gasteiger partial charge in [0, 0.05) is 11.3 Å². The van der Waals surface area contributed by atoms with Crippen molar-refractivity contribution in [1.82, 2.24) is 10.2 Å². The molecule has 0 aromatic carbocycles. The van der Waals surface area contributed by atoms with E-state index in [1.54, 1.807) is 0 Å². The topological polar surface area (TPSA) is 54.7 Å². The zero-order valence-corrected chi connectivity index (χ0v) is 11.9. The lowest BCUT2D eigenvalue weighted by molar-refractivity contribution is -0.0360. The van der Waals surface area contributed by atoms with Crippen LogP contribution in [0.3, 0.4) is 0 Å². The predicted octanol–water partition coefficient (Wildman–Crippen LogP) is 3.17. The Labute approximate surface area is 115 Å². The minimum atomic E-state index is 0.755. The molecule has 1 aromatic heterocycles. The summed E-state index contributed by atoms with van der Waals surface area (Å²) in [6, 6.07) is 0. The number of aromatic amines is 1. The summed E-state index contributed by atoms with van der Waals surface area (Å²) < 4.78 is 0. The van der Waals surface area contributed by atoms with Gasteiger partial charge >= 0.3 is 0 Å². The zero-order valence-electron chi connectivity index (χ0n) is 11.9. The number of nitrogens with two attached hydrogens (primary N) is 1. The molecule has 0 amide bonds. The van der Waals surface area contributed by atoms with E-state index in [9.17, 15) is 0 Å². The summed E-state index contributed by atoms with van der Waals surface area (Å²) in [4.78, 5) is 0. The van der Waals surface area contributed by atoms with E-state index < -0.39 is 0 Å².